The van der Waals surface area contributed by atoms with E-state index in [0.717, 1.165) is 30.4 Å². The fourth-order valence-corrected chi connectivity index (χ4v) is 2.99. The molecule has 0 bridgehead atoms. The maximum atomic E-state index is 12.4. The molecular formula is C16H20N2O3S. The average Bonchev–Trinajstić information content (AvgIpc) is 2.80. The Bertz CT molecular complexity index is 597. The quantitative estimate of drug-likeness (QED) is 0.754. The molecule has 22 heavy (non-hydrogen) atoms. The molecule has 1 aliphatic heterocycles. The molecule has 0 spiro atoms. The lowest BCUT2D eigenvalue weighted by atomic mass is 10.2. The van der Waals surface area contributed by atoms with Crippen LogP contribution in [0.3, 0.4) is 0 Å². The zero-order valence-electron chi connectivity index (χ0n) is 13.0. The number of para-hydroxylation sites is 1. The van der Waals surface area contributed by atoms with E-state index in [9.17, 15) is 9.59 Å². The summed E-state index contributed by atoms with van der Waals surface area (Å²) in [5, 5.41) is -0.224. The molecule has 1 aliphatic rings. The third-order valence-corrected chi connectivity index (χ3v) is 4.44. The number of rotatable bonds is 6. The van der Waals surface area contributed by atoms with E-state index in [2.05, 4.69) is 0 Å². The van der Waals surface area contributed by atoms with E-state index in [4.69, 9.17) is 4.74 Å². The highest BCUT2D eigenvalue weighted by atomic mass is 32.2. The molecule has 5 nitrogen and oxygen atoms in total. The van der Waals surface area contributed by atoms with Gasteiger partial charge in [0.15, 0.2) is 0 Å². The minimum absolute atomic E-state index is 0.224. The zero-order valence-corrected chi connectivity index (χ0v) is 13.9. The number of imide groups is 1. The summed E-state index contributed by atoms with van der Waals surface area (Å²) < 4.78 is 5.27. The Labute approximate surface area is 134 Å². The number of hydrogen-bond acceptors (Lipinski definition) is 5. The minimum atomic E-state index is -0.243. The van der Waals surface area contributed by atoms with E-state index < -0.39 is 0 Å². The van der Waals surface area contributed by atoms with Gasteiger partial charge in [0.25, 0.3) is 11.1 Å². The molecule has 118 valence electrons. The van der Waals surface area contributed by atoms with Crippen molar-refractivity contribution in [3.8, 4) is 5.75 Å². The molecule has 2 amide bonds. The van der Waals surface area contributed by atoms with Crippen LogP contribution in [0.2, 0.25) is 0 Å². The number of benzene rings is 1. The van der Waals surface area contributed by atoms with Gasteiger partial charge in [-0.25, -0.2) is 0 Å². The largest absolute Gasteiger partial charge is 0.496 e. The number of carbonyl (C=O) groups is 2. The van der Waals surface area contributed by atoms with Crippen molar-refractivity contribution in [3.63, 3.8) is 0 Å². The van der Waals surface area contributed by atoms with E-state index in [0.29, 0.717) is 17.3 Å². The van der Waals surface area contributed by atoms with E-state index in [-0.39, 0.29) is 11.1 Å². The van der Waals surface area contributed by atoms with Gasteiger partial charge in [0.1, 0.15) is 5.75 Å². The van der Waals surface area contributed by atoms with Crippen molar-refractivity contribution < 1.29 is 14.3 Å². The molecule has 1 aromatic carbocycles. The molecule has 1 saturated heterocycles. The van der Waals surface area contributed by atoms with Crippen molar-refractivity contribution in [2.75, 3.05) is 26.9 Å². The van der Waals surface area contributed by atoms with Crippen LogP contribution in [0.25, 0.3) is 6.08 Å². The van der Waals surface area contributed by atoms with Crippen LogP contribution in [0.1, 0.15) is 19.4 Å². The standard InChI is InChI=1S/C16H20N2O3S/c1-4-17(5-2)11-18-15(19)14(22-16(18)20)10-12-8-6-7-9-13(12)21-3/h6-10H,4-5,11H2,1-3H3/b14-10+. The molecule has 0 N–H and O–H groups in total. The summed E-state index contributed by atoms with van der Waals surface area (Å²) >= 11 is 0.975. The van der Waals surface area contributed by atoms with Crippen LogP contribution in [0.5, 0.6) is 5.75 Å². The van der Waals surface area contributed by atoms with Crippen LogP contribution in [-0.4, -0.2) is 47.8 Å². The predicted molar refractivity (Wildman–Crippen MR) is 88.6 cm³/mol. The van der Waals surface area contributed by atoms with Crippen LogP contribution >= 0.6 is 11.8 Å². The Morgan fingerprint density at radius 2 is 1.91 bits per heavy atom. The Kier molecular flexibility index (Phi) is 5.63. The first-order chi connectivity index (χ1) is 10.6. The summed E-state index contributed by atoms with van der Waals surface area (Å²) in [5.74, 6) is 0.436. The highest BCUT2D eigenvalue weighted by molar-refractivity contribution is 8.18. The Hall–Kier alpha value is -1.79. The number of nitrogens with zero attached hydrogens (tertiary/aromatic N) is 2. The molecule has 2 rings (SSSR count). The summed E-state index contributed by atoms with van der Waals surface area (Å²) in [6.07, 6.45) is 1.71. The van der Waals surface area contributed by atoms with Crippen LogP contribution in [0.15, 0.2) is 29.2 Å². The number of hydrogen-bond donors (Lipinski definition) is 0. The topological polar surface area (TPSA) is 49.9 Å². The fourth-order valence-electron chi connectivity index (χ4n) is 2.17. The normalized spacial score (nSPS) is 16.9. The second-order valence-electron chi connectivity index (χ2n) is 4.80. The van der Waals surface area contributed by atoms with Gasteiger partial charge in [-0.05, 0) is 37.0 Å². The van der Waals surface area contributed by atoms with Crippen molar-refractivity contribution in [1.82, 2.24) is 9.80 Å². The van der Waals surface area contributed by atoms with E-state index >= 15 is 0 Å². The Morgan fingerprint density at radius 1 is 1.23 bits per heavy atom. The van der Waals surface area contributed by atoms with Crippen LogP contribution < -0.4 is 4.74 Å². The second-order valence-corrected chi connectivity index (χ2v) is 5.79. The van der Waals surface area contributed by atoms with Crippen LogP contribution in [0, 0.1) is 0 Å². The lowest BCUT2D eigenvalue weighted by Crippen LogP contribution is -2.40. The number of ether oxygens (including phenoxy) is 1. The molecule has 0 atom stereocenters. The number of thioether (sulfide) groups is 1. The van der Waals surface area contributed by atoms with Gasteiger partial charge in [-0.1, -0.05) is 32.0 Å². The average molecular weight is 320 g/mol. The number of amides is 2. The number of carbonyl (C=O) groups excluding carboxylic acids is 2. The van der Waals surface area contributed by atoms with Gasteiger partial charge in [-0.15, -0.1) is 0 Å². The molecular weight excluding hydrogens is 300 g/mol. The van der Waals surface area contributed by atoms with Gasteiger partial charge in [0.2, 0.25) is 0 Å². The lowest BCUT2D eigenvalue weighted by molar-refractivity contribution is -0.124. The Morgan fingerprint density at radius 3 is 2.55 bits per heavy atom. The van der Waals surface area contributed by atoms with Crippen LogP contribution in [-0.2, 0) is 4.79 Å². The molecule has 0 aliphatic carbocycles. The summed E-state index contributed by atoms with van der Waals surface area (Å²) in [6.45, 7) is 5.94. The molecule has 0 aromatic heterocycles. The third kappa shape index (κ3) is 3.51. The Balaban J connectivity index is 2.22. The molecule has 1 aromatic rings. The summed E-state index contributed by atoms with van der Waals surface area (Å²) in [6, 6.07) is 7.42. The van der Waals surface area contributed by atoms with Gasteiger partial charge < -0.3 is 4.74 Å². The van der Waals surface area contributed by atoms with Crippen molar-refractivity contribution in [1.29, 1.82) is 0 Å². The fraction of sp³-hybridized carbons (Fsp3) is 0.375. The van der Waals surface area contributed by atoms with Crippen molar-refractivity contribution in [3.05, 3.63) is 34.7 Å². The molecule has 0 saturated carbocycles. The monoisotopic (exact) mass is 320 g/mol. The van der Waals surface area contributed by atoms with Crippen LogP contribution in [0.4, 0.5) is 4.79 Å². The summed E-state index contributed by atoms with van der Waals surface area (Å²) in [7, 11) is 1.58. The maximum Gasteiger partial charge on any atom is 0.294 e. The number of methoxy groups -OCH3 is 1. The van der Waals surface area contributed by atoms with E-state index in [1.165, 1.54) is 4.90 Å². The first-order valence-electron chi connectivity index (χ1n) is 7.21. The zero-order chi connectivity index (χ0) is 16.1. The smallest absolute Gasteiger partial charge is 0.294 e. The molecule has 1 heterocycles. The second kappa shape index (κ2) is 7.47. The highest BCUT2D eigenvalue weighted by Crippen LogP contribution is 2.33. The van der Waals surface area contributed by atoms with E-state index in [1.807, 2.05) is 43.0 Å². The lowest BCUT2D eigenvalue weighted by Gasteiger charge is -2.23. The maximum absolute atomic E-state index is 12.4. The molecule has 1 fully saturated rings. The summed E-state index contributed by atoms with van der Waals surface area (Å²) in [5.41, 5.74) is 0.790. The van der Waals surface area contributed by atoms with Gasteiger partial charge in [0.05, 0.1) is 18.7 Å². The van der Waals surface area contributed by atoms with E-state index in [1.54, 1.807) is 13.2 Å². The van der Waals surface area contributed by atoms with Gasteiger partial charge >= 0.3 is 0 Å². The third-order valence-electron chi connectivity index (χ3n) is 3.53. The van der Waals surface area contributed by atoms with Gasteiger partial charge in [-0.3, -0.25) is 19.4 Å². The summed E-state index contributed by atoms with van der Waals surface area (Å²) in [4.78, 5) is 28.3. The molecule has 0 radical (unpaired) electrons. The highest BCUT2D eigenvalue weighted by Gasteiger charge is 2.35. The van der Waals surface area contributed by atoms with Gasteiger partial charge in [0, 0.05) is 5.56 Å². The SMILES string of the molecule is CCN(CC)CN1C(=O)S/C(=C/c2ccccc2OC)C1=O. The first kappa shape index (κ1) is 16.6. The molecule has 0 unspecified atom stereocenters. The first-order valence-corrected chi connectivity index (χ1v) is 8.03. The minimum Gasteiger partial charge on any atom is -0.496 e. The van der Waals surface area contributed by atoms with Crippen molar-refractivity contribution in [2.45, 2.75) is 13.8 Å². The van der Waals surface area contributed by atoms with Gasteiger partial charge in [-0.2, -0.15) is 0 Å². The van der Waals surface area contributed by atoms with Crippen molar-refractivity contribution >= 4 is 29.0 Å². The van der Waals surface area contributed by atoms with Crippen molar-refractivity contribution in [2.24, 2.45) is 0 Å². The molecule has 6 heteroatoms. The predicted octanol–water partition coefficient (Wildman–Crippen LogP) is 3.03.